The van der Waals surface area contributed by atoms with E-state index in [0.717, 1.165) is 6.07 Å². The molecule has 0 bridgehead atoms. The lowest BCUT2D eigenvalue weighted by Crippen LogP contribution is -2.03. The highest BCUT2D eigenvalue weighted by atomic mass is 32.2. The number of hydrogen-bond donors (Lipinski definition) is 4. The molecule has 0 saturated carbocycles. The number of nitrogens with two attached hydrogens (primary N) is 3. The zero-order chi connectivity index (χ0) is 15.6. The fourth-order valence-electron chi connectivity index (χ4n) is 1.43. The molecule has 0 fully saturated rings. The Kier molecular flexibility index (Phi) is 3.69. The fourth-order valence-corrected chi connectivity index (χ4v) is 1.95. The van der Waals surface area contributed by atoms with E-state index in [2.05, 4.69) is 20.2 Å². The quantitative estimate of drug-likeness (QED) is 0.475. The van der Waals surface area contributed by atoms with Crippen molar-refractivity contribution in [1.82, 2.24) is 9.97 Å². The maximum Gasteiger partial charge on any atom is 0.294 e. The molecule has 2 aromatic rings. The van der Waals surface area contributed by atoms with Gasteiger partial charge >= 0.3 is 0 Å². The molecule has 1 heterocycles. The van der Waals surface area contributed by atoms with E-state index < -0.39 is 10.1 Å². The molecule has 2 rings (SSSR count). The molecule has 0 saturated heterocycles. The minimum absolute atomic E-state index is 0.0152. The largest absolute Gasteiger partial charge is 0.382 e. The van der Waals surface area contributed by atoms with Gasteiger partial charge in [0.25, 0.3) is 10.1 Å². The van der Waals surface area contributed by atoms with Gasteiger partial charge in [0.1, 0.15) is 0 Å². The molecule has 11 heteroatoms. The maximum absolute atomic E-state index is 11.0. The van der Waals surface area contributed by atoms with Crippen molar-refractivity contribution in [3.63, 3.8) is 0 Å². The summed E-state index contributed by atoms with van der Waals surface area (Å²) in [7, 11) is -4.32. The lowest BCUT2D eigenvalue weighted by Gasteiger charge is -2.02. The van der Waals surface area contributed by atoms with Gasteiger partial charge in [-0.3, -0.25) is 4.55 Å². The molecule has 0 aliphatic rings. The summed E-state index contributed by atoms with van der Waals surface area (Å²) in [6.07, 6.45) is 0. The Morgan fingerprint density at radius 1 is 1.05 bits per heavy atom. The highest BCUT2D eigenvalue weighted by Crippen LogP contribution is 2.29. The first kappa shape index (κ1) is 14.6. The lowest BCUT2D eigenvalue weighted by atomic mass is 10.3. The second kappa shape index (κ2) is 5.30. The summed E-state index contributed by atoms with van der Waals surface area (Å²) in [6, 6.07) is 5.21. The summed E-state index contributed by atoms with van der Waals surface area (Å²) in [5, 5.41) is 7.53. The highest BCUT2D eigenvalue weighted by Gasteiger charge is 2.10. The Hall–Kier alpha value is -2.79. The van der Waals surface area contributed by atoms with Crippen molar-refractivity contribution in [3.05, 3.63) is 24.3 Å². The summed E-state index contributed by atoms with van der Waals surface area (Å²) in [6.45, 7) is 0. The number of nitrogen functional groups attached to an aromatic ring is 3. The monoisotopic (exact) mass is 309 g/mol. The second-order valence-corrected chi connectivity index (χ2v) is 5.29. The van der Waals surface area contributed by atoms with Crippen LogP contribution in [0.5, 0.6) is 0 Å². The topological polar surface area (TPSA) is 183 Å². The normalized spacial score (nSPS) is 11.9. The van der Waals surface area contributed by atoms with Crippen molar-refractivity contribution >= 4 is 39.1 Å². The molecular formula is C10H11N7O3S. The molecule has 0 spiro atoms. The minimum atomic E-state index is -4.32. The van der Waals surface area contributed by atoms with Crippen molar-refractivity contribution in [1.29, 1.82) is 0 Å². The predicted molar refractivity (Wildman–Crippen MR) is 75.7 cm³/mol. The van der Waals surface area contributed by atoms with Crippen LogP contribution in [0.1, 0.15) is 0 Å². The number of rotatable bonds is 3. The molecule has 0 radical (unpaired) electrons. The number of benzene rings is 1. The van der Waals surface area contributed by atoms with Crippen LogP contribution in [0.15, 0.2) is 39.4 Å². The van der Waals surface area contributed by atoms with Crippen LogP contribution < -0.4 is 17.2 Å². The van der Waals surface area contributed by atoms with E-state index in [1.807, 2.05) is 0 Å². The van der Waals surface area contributed by atoms with E-state index in [0.29, 0.717) is 0 Å². The SMILES string of the molecule is Nc1nc(N)c(N=Nc2cccc(S(=O)(=O)O)c2)c(N)n1. The second-order valence-electron chi connectivity index (χ2n) is 3.87. The van der Waals surface area contributed by atoms with E-state index in [1.54, 1.807) is 0 Å². The molecule has 7 N–H and O–H groups in total. The van der Waals surface area contributed by atoms with Gasteiger partial charge in [-0.25, -0.2) is 0 Å². The van der Waals surface area contributed by atoms with Gasteiger partial charge in [0.05, 0.1) is 10.6 Å². The van der Waals surface area contributed by atoms with Crippen LogP contribution in [0.3, 0.4) is 0 Å². The maximum atomic E-state index is 11.0. The molecular weight excluding hydrogens is 298 g/mol. The standard InChI is InChI=1S/C10H11N7O3S/c11-8-7(9(12)15-10(13)14-8)17-16-5-2-1-3-6(4-5)21(18,19)20/h1-4H,(H,18,19,20)(H6,11,12,13,14,15). The molecule has 21 heavy (non-hydrogen) atoms. The lowest BCUT2D eigenvalue weighted by molar-refractivity contribution is 0.483. The molecule has 0 atom stereocenters. The summed E-state index contributed by atoms with van der Waals surface area (Å²) in [5.41, 5.74) is 16.7. The first-order chi connectivity index (χ1) is 9.77. The molecule has 0 aliphatic heterocycles. The van der Waals surface area contributed by atoms with E-state index in [9.17, 15) is 8.42 Å². The van der Waals surface area contributed by atoms with Crippen molar-refractivity contribution in [3.8, 4) is 0 Å². The van der Waals surface area contributed by atoms with Crippen LogP contribution in [0.4, 0.5) is 29.0 Å². The number of aromatic nitrogens is 2. The first-order valence-corrected chi connectivity index (χ1v) is 6.89. The van der Waals surface area contributed by atoms with Crippen LogP contribution in [-0.2, 0) is 10.1 Å². The van der Waals surface area contributed by atoms with Crippen LogP contribution in [0.2, 0.25) is 0 Å². The smallest absolute Gasteiger partial charge is 0.294 e. The number of anilines is 3. The third-order valence-electron chi connectivity index (χ3n) is 2.34. The Labute approximate surface area is 119 Å². The Bertz CT molecular complexity index is 796. The highest BCUT2D eigenvalue weighted by molar-refractivity contribution is 7.85. The van der Waals surface area contributed by atoms with Crippen molar-refractivity contribution in [2.24, 2.45) is 10.2 Å². The average molecular weight is 309 g/mol. The third kappa shape index (κ3) is 3.40. The van der Waals surface area contributed by atoms with Gasteiger partial charge in [-0.15, -0.1) is 5.11 Å². The molecule has 0 unspecified atom stereocenters. The number of hydrogen-bond acceptors (Lipinski definition) is 9. The molecule has 10 nitrogen and oxygen atoms in total. The summed E-state index contributed by atoms with van der Waals surface area (Å²) in [4.78, 5) is 7.04. The van der Waals surface area contributed by atoms with Gasteiger partial charge in [-0.1, -0.05) is 6.07 Å². The molecule has 0 amide bonds. The van der Waals surface area contributed by atoms with Crippen LogP contribution in [0.25, 0.3) is 0 Å². The molecule has 110 valence electrons. The van der Waals surface area contributed by atoms with Gasteiger partial charge in [0, 0.05) is 0 Å². The zero-order valence-electron chi connectivity index (χ0n) is 10.5. The van der Waals surface area contributed by atoms with Crippen LogP contribution in [-0.4, -0.2) is 22.9 Å². The predicted octanol–water partition coefficient (Wildman–Crippen LogP) is 0.885. The first-order valence-electron chi connectivity index (χ1n) is 5.45. The van der Waals surface area contributed by atoms with Crippen molar-refractivity contribution in [2.45, 2.75) is 4.90 Å². The van der Waals surface area contributed by atoms with E-state index >= 15 is 0 Å². The van der Waals surface area contributed by atoms with Gasteiger partial charge in [0.2, 0.25) is 5.95 Å². The van der Waals surface area contributed by atoms with Gasteiger partial charge in [0.15, 0.2) is 17.3 Å². The Morgan fingerprint density at radius 2 is 1.67 bits per heavy atom. The van der Waals surface area contributed by atoms with Gasteiger partial charge < -0.3 is 17.2 Å². The Morgan fingerprint density at radius 3 is 2.24 bits per heavy atom. The van der Waals surface area contributed by atoms with E-state index in [1.165, 1.54) is 18.2 Å². The fraction of sp³-hybridized carbons (Fsp3) is 0. The van der Waals surface area contributed by atoms with Crippen LogP contribution >= 0.6 is 0 Å². The van der Waals surface area contributed by atoms with Gasteiger partial charge in [-0.05, 0) is 18.2 Å². The minimum Gasteiger partial charge on any atom is -0.382 e. The summed E-state index contributed by atoms with van der Waals surface area (Å²) >= 11 is 0. The summed E-state index contributed by atoms with van der Waals surface area (Å²) < 4.78 is 31.0. The van der Waals surface area contributed by atoms with E-state index in [4.69, 9.17) is 21.8 Å². The van der Waals surface area contributed by atoms with E-state index in [-0.39, 0.29) is 33.9 Å². The average Bonchev–Trinajstić information content (AvgIpc) is 2.36. The number of azo groups is 1. The van der Waals surface area contributed by atoms with Gasteiger partial charge in [-0.2, -0.15) is 23.5 Å². The molecule has 1 aromatic carbocycles. The zero-order valence-corrected chi connectivity index (χ0v) is 11.3. The van der Waals surface area contributed by atoms with Crippen molar-refractivity contribution in [2.75, 3.05) is 17.2 Å². The Balaban J connectivity index is 2.39. The van der Waals surface area contributed by atoms with Crippen LogP contribution in [0, 0.1) is 0 Å². The molecule has 0 aliphatic carbocycles. The third-order valence-corrected chi connectivity index (χ3v) is 3.19. The summed E-state index contributed by atoms with van der Waals surface area (Å²) in [5.74, 6) is -0.221. The van der Waals surface area contributed by atoms with Crippen molar-refractivity contribution < 1.29 is 13.0 Å². The molecule has 1 aromatic heterocycles. The number of nitrogens with zero attached hydrogens (tertiary/aromatic N) is 4.